The van der Waals surface area contributed by atoms with Gasteiger partial charge in [-0.3, -0.25) is 0 Å². The van der Waals surface area contributed by atoms with Crippen LogP contribution in [0.2, 0.25) is 0 Å². The van der Waals surface area contributed by atoms with Crippen LogP contribution in [0.3, 0.4) is 0 Å². The van der Waals surface area contributed by atoms with Crippen molar-refractivity contribution in [2.24, 2.45) is 0 Å². The van der Waals surface area contributed by atoms with Gasteiger partial charge in [-0.05, 0) is 12.1 Å². The molecule has 0 heterocycles. The summed E-state index contributed by atoms with van der Waals surface area (Å²) in [6.07, 6.45) is 0. The molecular formula is C10H12NO2. The van der Waals surface area contributed by atoms with Gasteiger partial charge in [0.2, 0.25) is 0 Å². The SMILES string of the molecule is CN(CCO[C]=O)c1ccccc1. The van der Waals surface area contributed by atoms with Crippen LogP contribution in [-0.4, -0.2) is 26.7 Å². The first-order valence-electron chi connectivity index (χ1n) is 4.09. The molecule has 0 aliphatic carbocycles. The van der Waals surface area contributed by atoms with Gasteiger partial charge in [0, 0.05) is 12.7 Å². The zero-order chi connectivity index (χ0) is 9.52. The second-order valence-corrected chi connectivity index (χ2v) is 2.69. The normalized spacial score (nSPS) is 9.31. The molecule has 0 aliphatic heterocycles. The van der Waals surface area contributed by atoms with Crippen molar-refractivity contribution in [2.45, 2.75) is 0 Å². The largest absolute Gasteiger partial charge is 0.455 e. The summed E-state index contributed by atoms with van der Waals surface area (Å²) in [4.78, 5) is 11.8. The van der Waals surface area contributed by atoms with E-state index in [4.69, 9.17) is 0 Å². The van der Waals surface area contributed by atoms with Crippen LogP contribution in [0, 0.1) is 0 Å². The van der Waals surface area contributed by atoms with Crippen LogP contribution in [0.1, 0.15) is 0 Å². The molecule has 3 heteroatoms. The summed E-state index contributed by atoms with van der Waals surface area (Å²) < 4.78 is 4.48. The van der Waals surface area contributed by atoms with Gasteiger partial charge in [0.25, 0.3) is 0 Å². The fourth-order valence-electron chi connectivity index (χ4n) is 1.04. The van der Waals surface area contributed by atoms with Crippen LogP contribution in [0.4, 0.5) is 5.69 Å². The number of hydrogen-bond donors (Lipinski definition) is 0. The fraction of sp³-hybridized carbons (Fsp3) is 0.300. The zero-order valence-electron chi connectivity index (χ0n) is 7.56. The molecule has 0 fully saturated rings. The molecule has 1 aromatic carbocycles. The van der Waals surface area contributed by atoms with Gasteiger partial charge in [0.15, 0.2) is 0 Å². The Kier molecular flexibility index (Phi) is 3.82. The summed E-state index contributed by atoms with van der Waals surface area (Å²) in [5.41, 5.74) is 1.11. The monoisotopic (exact) mass is 178 g/mol. The topological polar surface area (TPSA) is 29.5 Å². The highest BCUT2D eigenvalue weighted by atomic mass is 16.5. The molecule has 0 saturated carbocycles. The van der Waals surface area contributed by atoms with Crippen molar-refractivity contribution in [2.75, 3.05) is 25.1 Å². The molecule has 0 spiro atoms. The standard InChI is InChI=1S/C10H12NO2/c1-11(7-8-13-9-12)10-5-3-2-4-6-10/h2-6H,7-8H2,1H3. The number of ether oxygens (including phenoxy) is 1. The number of nitrogens with zero attached hydrogens (tertiary/aromatic N) is 1. The number of anilines is 1. The zero-order valence-corrected chi connectivity index (χ0v) is 7.56. The van der Waals surface area contributed by atoms with E-state index in [1.165, 1.54) is 6.47 Å². The van der Waals surface area contributed by atoms with Gasteiger partial charge < -0.3 is 9.64 Å². The lowest BCUT2D eigenvalue weighted by Crippen LogP contribution is -2.22. The molecule has 0 unspecified atom stereocenters. The van der Waals surface area contributed by atoms with Crippen molar-refractivity contribution in [3.63, 3.8) is 0 Å². The lowest BCUT2D eigenvalue weighted by molar-refractivity contribution is 0.285. The van der Waals surface area contributed by atoms with Crippen LogP contribution >= 0.6 is 0 Å². The summed E-state index contributed by atoms with van der Waals surface area (Å²) >= 11 is 0. The third kappa shape index (κ3) is 3.15. The minimum atomic E-state index is 0.370. The Morgan fingerprint density at radius 2 is 2.08 bits per heavy atom. The van der Waals surface area contributed by atoms with Crippen molar-refractivity contribution in [1.29, 1.82) is 0 Å². The van der Waals surface area contributed by atoms with Crippen molar-refractivity contribution in [3.05, 3.63) is 30.3 Å². The molecule has 13 heavy (non-hydrogen) atoms. The van der Waals surface area contributed by atoms with Crippen LogP contribution in [-0.2, 0) is 9.53 Å². The smallest absolute Gasteiger partial charge is 0.417 e. The van der Waals surface area contributed by atoms with Gasteiger partial charge in [-0.2, -0.15) is 0 Å². The van der Waals surface area contributed by atoms with Gasteiger partial charge >= 0.3 is 6.47 Å². The van der Waals surface area contributed by atoms with Gasteiger partial charge in [-0.15, -0.1) is 0 Å². The number of likely N-dealkylation sites (N-methyl/N-ethyl adjacent to an activating group) is 1. The number of para-hydroxylation sites is 1. The van der Waals surface area contributed by atoms with E-state index in [0.29, 0.717) is 13.2 Å². The van der Waals surface area contributed by atoms with E-state index in [9.17, 15) is 4.79 Å². The lowest BCUT2D eigenvalue weighted by Gasteiger charge is -2.17. The van der Waals surface area contributed by atoms with E-state index in [2.05, 4.69) is 4.74 Å². The molecule has 0 bridgehead atoms. The van der Waals surface area contributed by atoms with E-state index in [-0.39, 0.29) is 0 Å². The van der Waals surface area contributed by atoms with Crippen molar-refractivity contribution in [3.8, 4) is 0 Å². The summed E-state index contributed by atoms with van der Waals surface area (Å²) in [6, 6.07) is 9.92. The summed E-state index contributed by atoms with van der Waals surface area (Å²) in [5.74, 6) is 0. The summed E-state index contributed by atoms with van der Waals surface area (Å²) in [7, 11) is 1.95. The van der Waals surface area contributed by atoms with Crippen molar-refractivity contribution < 1.29 is 9.53 Å². The maximum absolute atomic E-state index is 9.76. The minimum Gasteiger partial charge on any atom is -0.455 e. The summed E-state index contributed by atoms with van der Waals surface area (Å²) in [6.45, 7) is 2.45. The Balaban J connectivity index is 2.39. The summed E-state index contributed by atoms with van der Waals surface area (Å²) in [5, 5.41) is 0. The molecule has 0 saturated heterocycles. The second-order valence-electron chi connectivity index (χ2n) is 2.69. The highest BCUT2D eigenvalue weighted by Crippen LogP contribution is 2.09. The molecule has 0 amide bonds. The molecular weight excluding hydrogens is 166 g/mol. The maximum atomic E-state index is 9.76. The predicted octanol–water partition coefficient (Wildman–Crippen LogP) is 1.21. The Morgan fingerprint density at radius 3 is 2.69 bits per heavy atom. The third-order valence-corrected chi connectivity index (χ3v) is 1.78. The molecule has 1 aromatic rings. The molecule has 1 rings (SSSR count). The van der Waals surface area contributed by atoms with Gasteiger partial charge in [-0.1, -0.05) is 18.2 Å². The van der Waals surface area contributed by atoms with Crippen molar-refractivity contribution >= 4 is 12.2 Å². The molecule has 0 atom stereocenters. The fourth-order valence-corrected chi connectivity index (χ4v) is 1.04. The average molecular weight is 178 g/mol. The van der Waals surface area contributed by atoms with Crippen LogP contribution in [0.5, 0.6) is 0 Å². The van der Waals surface area contributed by atoms with E-state index in [1.54, 1.807) is 0 Å². The third-order valence-electron chi connectivity index (χ3n) is 1.78. The second kappa shape index (κ2) is 5.19. The molecule has 3 nitrogen and oxygen atoms in total. The van der Waals surface area contributed by atoms with E-state index < -0.39 is 0 Å². The van der Waals surface area contributed by atoms with E-state index >= 15 is 0 Å². The Hall–Kier alpha value is -1.51. The molecule has 0 aromatic heterocycles. The van der Waals surface area contributed by atoms with E-state index in [1.807, 2.05) is 42.3 Å². The lowest BCUT2D eigenvalue weighted by atomic mass is 10.3. The number of hydrogen-bond acceptors (Lipinski definition) is 3. The van der Waals surface area contributed by atoms with Gasteiger partial charge in [-0.25, -0.2) is 4.79 Å². The molecule has 0 N–H and O–H groups in total. The van der Waals surface area contributed by atoms with Crippen LogP contribution < -0.4 is 4.90 Å². The highest BCUT2D eigenvalue weighted by Gasteiger charge is 1.98. The van der Waals surface area contributed by atoms with Gasteiger partial charge in [0.05, 0.1) is 6.54 Å². The number of benzene rings is 1. The Morgan fingerprint density at radius 1 is 1.38 bits per heavy atom. The highest BCUT2D eigenvalue weighted by molar-refractivity contribution is 5.45. The Labute approximate surface area is 77.9 Å². The van der Waals surface area contributed by atoms with E-state index in [0.717, 1.165) is 5.69 Å². The first-order valence-corrected chi connectivity index (χ1v) is 4.09. The molecule has 0 aliphatic rings. The quantitative estimate of drug-likeness (QED) is 0.635. The van der Waals surface area contributed by atoms with Crippen LogP contribution in [0.15, 0.2) is 30.3 Å². The average Bonchev–Trinajstić information content (AvgIpc) is 2.19. The molecule has 69 valence electrons. The number of rotatable bonds is 5. The predicted molar refractivity (Wildman–Crippen MR) is 51.4 cm³/mol. The molecule has 1 radical (unpaired) electrons. The Bertz CT molecular complexity index is 248. The first-order chi connectivity index (χ1) is 6.34. The number of carbonyl (C=O) groups excluding carboxylic acids is 1. The first kappa shape index (κ1) is 9.58. The minimum absolute atomic E-state index is 0.370. The van der Waals surface area contributed by atoms with Crippen LogP contribution in [0.25, 0.3) is 0 Å². The van der Waals surface area contributed by atoms with Crippen molar-refractivity contribution in [1.82, 2.24) is 0 Å². The van der Waals surface area contributed by atoms with Gasteiger partial charge in [0.1, 0.15) is 6.61 Å². The maximum Gasteiger partial charge on any atom is 0.417 e.